The molecule has 0 N–H and O–H groups in total. The molecule has 0 aliphatic rings. The first-order valence-electron chi connectivity index (χ1n) is 4.81. The van der Waals surface area contributed by atoms with Gasteiger partial charge in [-0.3, -0.25) is 0 Å². The van der Waals surface area contributed by atoms with Crippen LogP contribution in [0.15, 0.2) is 28.7 Å². The van der Waals surface area contributed by atoms with Crippen LogP contribution in [0, 0.1) is 5.41 Å². The Balaban J connectivity index is 2.58. The van der Waals surface area contributed by atoms with E-state index in [-0.39, 0.29) is 11.4 Å². The minimum Gasteiger partial charge on any atom is -0.462 e. The standard InChI is InChI=1S/C12H15BrO2/c1-12(2,3)8-15-11(14)9-4-6-10(13)7-5-9/h4-7H,8H2,1-3H3. The van der Waals surface area contributed by atoms with E-state index in [0.717, 1.165) is 4.47 Å². The summed E-state index contributed by atoms with van der Waals surface area (Å²) >= 11 is 3.31. The summed E-state index contributed by atoms with van der Waals surface area (Å²) in [6.45, 7) is 6.52. The second-order valence-electron chi connectivity index (χ2n) is 4.64. The van der Waals surface area contributed by atoms with Crippen LogP contribution in [0.2, 0.25) is 0 Å². The minimum absolute atomic E-state index is 0.00498. The van der Waals surface area contributed by atoms with Gasteiger partial charge < -0.3 is 4.74 Å². The number of hydrogen-bond acceptors (Lipinski definition) is 2. The summed E-state index contributed by atoms with van der Waals surface area (Å²) in [6, 6.07) is 7.14. The highest BCUT2D eigenvalue weighted by Gasteiger charge is 2.14. The zero-order valence-corrected chi connectivity index (χ0v) is 10.8. The van der Waals surface area contributed by atoms with E-state index >= 15 is 0 Å². The van der Waals surface area contributed by atoms with Crippen LogP contribution in [0.1, 0.15) is 31.1 Å². The highest BCUT2D eigenvalue weighted by atomic mass is 79.9. The fraction of sp³-hybridized carbons (Fsp3) is 0.417. The molecule has 82 valence electrons. The molecule has 0 saturated carbocycles. The molecular weight excluding hydrogens is 256 g/mol. The number of esters is 1. The van der Waals surface area contributed by atoms with Crippen LogP contribution in [0.5, 0.6) is 0 Å². The molecule has 2 nitrogen and oxygen atoms in total. The van der Waals surface area contributed by atoms with Gasteiger partial charge in [-0.15, -0.1) is 0 Å². The Kier molecular flexibility index (Phi) is 3.91. The van der Waals surface area contributed by atoms with E-state index < -0.39 is 0 Å². The molecule has 0 bridgehead atoms. The number of carbonyl (C=O) groups is 1. The van der Waals surface area contributed by atoms with E-state index in [1.165, 1.54) is 0 Å². The van der Waals surface area contributed by atoms with Crippen molar-refractivity contribution in [2.75, 3.05) is 6.61 Å². The number of carbonyl (C=O) groups excluding carboxylic acids is 1. The van der Waals surface area contributed by atoms with E-state index in [2.05, 4.69) is 15.9 Å². The normalized spacial score (nSPS) is 11.2. The molecular formula is C12H15BrO2. The minimum atomic E-state index is -0.266. The van der Waals surface area contributed by atoms with Crippen molar-refractivity contribution >= 4 is 21.9 Å². The molecule has 0 aliphatic heterocycles. The molecule has 3 heteroatoms. The summed E-state index contributed by atoms with van der Waals surface area (Å²) in [6.07, 6.45) is 0. The van der Waals surface area contributed by atoms with Crippen molar-refractivity contribution in [3.63, 3.8) is 0 Å². The summed E-state index contributed by atoms with van der Waals surface area (Å²) in [7, 11) is 0. The predicted molar refractivity (Wildman–Crippen MR) is 63.9 cm³/mol. The van der Waals surface area contributed by atoms with Crippen molar-refractivity contribution in [2.45, 2.75) is 20.8 Å². The topological polar surface area (TPSA) is 26.3 Å². The molecule has 0 fully saturated rings. The van der Waals surface area contributed by atoms with Crippen molar-refractivity contribution in [1.82, 2.24) is 0 Å². The Morgan fingerprint density at radius 2 is 1.80 bits per heavy atom. The lowest BCUT2D eigenvalue weighted by Crippen LogP contribution is -2.18. The third-order valence-electron chi connectivity index (χ3n) is 1.72. The maximum Gasteiger partial charge on any atom is 0.338 e. The van der Waals surface area contributed by atoms with Gasteiger partial charge in [0.1, 0.15) is 0 Å². The van der Waals surface area contributed by atoms with E-state index in [0.29, 0.717) is 12.2 Å². The Morgan fingerprint density at radius 1 is 1.27 bits per heavy atom. The van der Waals surface area contributed by atoms with Gasteiger partial charge in [0.25, 0.3) is 0 Å². The molecule has 0 aliphatic carbocycles. The molecule has 0 radical (unpaired) electrons. The first-order chi connectivity index (χ1) is 6.88. The quantitative estimate of drug-likeness (QED) is 0.767. The van der Waals surface area contributed by atoms with Gasteiger partial charge >= 0.3 is 5.97 Å². The van der Waals surface area contributed by atoms with Crippen molar-refractivity contribution < 1.29 is 9.53 Å². The van der Waals surface area contributed by atoms with E-state index in [1.807, 2.05) is 32.9 Å². The molecule has 0 saturated heterocycles. The summed E-state index contributed by atoms with van der Waals surface area (Å²) in [5.74, 6) is -0.266. The monoisotopic (exact) mass is 270 g/mol. The Morgan fingerprint density at radius 3 is 2.27 bits per heavy atom. The zero-order chi connectivity index (χ0) is 11.5. The molecule has 1 aromatic rings. The van der Waals surface area contributed by atoms with Gasteiger partial charge in [-0.1, -0.05) is 36.7 Å². The SMILES string of the molecule is CC(C)(C)COC(=O)c1ccc(Br)cc1. The van der Waals surface area contributed by atoms with Crippen LogP contribution in [-0.4, -0.2) is 12.6 Å². The second kappa shape index (κ2) is 4.79. The second-order valence-corrected chi connectivity index (χ2v) is 5.56. The van der Waals surface area contributed by atoms with Crippen LogP contribution in [0.25, 0.3) is 0 Å². The Labute approximate surface area is 98.8 Å². The van der Waals surface area contributed by atoms with Crippen LogP contribution in [0.4, 0.5) is 0 Å². The lowest BCUT2D eigenvalue weighted by Gasteiger charge is -2.17. The van der Waals surface area contributed by atoms with Gasteiger partial charge in [-0.05, 0) is 29.7 Å². The highest BCUT2D eigenvalue weighted by molar-refractivity contribution is 9.10. The average Bonchev–Trinajstić information content (AvgIpc) is 2.14. The largest absolute Gasteiger partial charge is 0.462 e. The maximum absolute atomic E-state index is 11.6. The number of halogens is 1. The molecule has 0 atom stereocenters. The van der Waals surface area contributed by atoms with Gasteiger partial charge in [-0.25, -0.2) is 4.79 Å². The Bertz CT molecular complexity index is 336. The molecule has 1 aromatic carbocycles. The average molecular weight is 271 g/mol. The van der Waals surface area contributed by atoms with Gasteiger partial charge in [0.05, 0.1) is 12.2 Å². The third kappa shape index (κ3) is 4.47. The fourth-order valence-electron chi connectivity index (χ4n) is 0.951. The molecule has 15 heavy (non-hydrogen) atoms. The lowest BCUT2D eigenvalue weighted by molar-refractivity contribution is 0.0367. The Hall–Kier alpha value is -0.830. The first-order valence-corrected chi connectivity index (χ1v) is 5.60. The fourth-order valence-corrected chi connectivity index (χ4v) is 1.22. The smallest absolute Gasteiger partial charge is 0.338 e. The van der Waals surface area contributed by atoms with Crippen LogP contribution >= 0.6 is 15.9 Å². The summed E-state index contributed by atoms with van der Waals surface area (Å²) < 4.78 is 6.13. The maximum atomic E-state index is 11.6. The number of hydrogen-bond donors (Lipinski definition) is 0. The van der Waals surface area contributed by atoms with Crippen LogP contribution in [0.3, 0.4) is 0 Å². The van der Waals surface area contributed by atoms with Crippen molar-refractivity contribution in [2.24, 2.45) is 5.41 Å². The molecule has 0 amide bonds. The van der Waals surface area contributed by atoms with E-state index in [9.17, 15) is 4.79 Å². The van der Waals surface area contributed by atoms with Gasteiger partial charge in [0.15, 0.2) is 0 Å². The number of benzene rings is 1. The third-order valence-corrected chi connectivity index (χ3v) is 2.24. The number of ether oxygens (including phenoxy) is 1. The van der Waals surface area contributed by atoms with Crippen LogP contribution < -0.4 is 0 Å². The molecule has 0 aromatic heterocycles. The first kappa shape index (κ1) is 12.2. The molecule has 1 rings (SSSR count). The lowest BCUT2D eigenvalue weighted by atomic mass is 9.99. The predicted octanol–water partition coefficient (Wildman–Crippen LogP) is 3.65. The van der Waals surface area contributed by atoms with Crippen LogP contribution in [-0.2, 0) is 4.74 Å². The highest BCUT2D eigenvalue weighted by Crippen LogP contribution is 2.15. The van der Waals surface area contributed by atoms with Gasteiger partial charge in [-0.2, -0.15) is 0 Å². The van der Waals surface area contributed by atoms with Gasteiger partial charge in [0.2, 0.25) is 0 Å². The van der Waals surface area contributed by atoms with E-state index in [1.54, 1.807) is 12.1 Å². The summed E-state index contributed by atoms with van der Waals surface area (Å²) in [5, 5.41) is 0. The summed E-state index contributed by atoms with van der Waals surface area (Å²) in [5.41, 5.74) is 0.591. The van der Waals surface area contributed by atoms with Crippen molar-refractivity contribution in [3.8, 4) is 0 Å². The molecule has 0 unspecified atom stereocenters. The zero-order valence-electron chi connectivity index (χ0n) is 9.21. The number of rotatable bonds is 2. The van der Waals surface area contributed by atoms with Crippen molar-refractivity contribution in [3.05, 3.63) is 34.3 Å². The molecule has 0 spiro atoms. The van der Waals surface area contributed by atoms with E-state index in [4.69, 9.17) is 4.74 Å². The van der Waals surface area contributed by atoms with Gasteiger partial charge in [0, 0.05) is 4.47 Å². The molecule has 0 heterocycles. The summed E-state index contributed by atoms with van der Waals surface area (Å²) in [4.78, 5) is 11.6. The van der Waals surface area contributed by atoms with Crippen molar-refractivity contribution in [1.29, 1.82) is 0 Å².